The summed E-state index contributed by atoms with van der Waals surface area (Å²) in [6.45, 7) is 8.58. The second-order valence-corrected chi connectivity index (χ2v) is 10.8. The number of nitrogens with one attached hydrogen (secondary N) is 1. The minimum Gasteiger partial charge on any atom is -0.453 e. The number of carbonyl (C=O) groups excluding carboxylic acids is 1. The highest BCUT2D eigenvalue weighted by atomic mass is 127. The first kappa shape index (κ1) is 24.0. The van der Waals surface area contributed by atoms with Crippen molar-refractivity contribution in [1.82, 2.24) is 14.8 Å². The minimum absolute atomic E-state index is 0.0913. The van der Waals surface area contributed by atoms with E-state index in [1.165, 1.54) is 11.8 Å². The Morgan fingerprint density at radius 2 is 2.09 bits per heavy atom. The van der Waals surface area contributed by atoms with Gasteiger partial charge in [0.15, 0.2) is 10.9 Å². The van der Waals surface area contributed by atoms with E-state index < -0.39 is 0 Å². The number of allylic oxidation sites excluding steroid dienone is 1. The first-order chi connectivity index (χ1) is 15.9. The van der Waals surface area contributed by atoms with Crippen molar-refractivity contribution in [3.05, 3.63) is 68.7 Å². The molecule has 0 bridgehead atoms. The first-order valence-electron chi connectivity index (χ1n) is 10.3. The fourth-order valence-corrected chi connectivity index (χ4v) is 5.08. The molecular weight excluding hydrogens is 615 g/mol. The Balaban J connectivity index is 1.52. The summed E-state index contributed by atoms with van der Waals surface area (Å²) in [4.78, 5) is 12.7. The van der Waals surface area contributed by atoms with E-state index in [-0.39, 0.29) is 11.7 Å². The lowest BCUT2D eigenvalue weighted by Crippen LogP contribution is -2.16. The van der Waals surface area contributed by atoms with Gasteiger partial charge in [0.2, 0.25) is 11.7 Å². The number of fused-ring (bicyclic) bond motifs is 1. The molecule has 1 amide bonds. The Morgan fingerprint density at radius 3 is 2.85 bits per heavy atom. The maximum Gasteiger partial charge on any atom is 0.234 e. The zero-order valence-corrected chi connectivity index (χ0v) is 22.7. The second-order valence-electron chi connectivity index (χ2n) is 7.72. The van der Waals surface area contributed by atoms with E-state index in [0.717, 1.165) is 30.3 Å². The van der Waals surface area contributed by atoms with E-state index in [4.69, 9.17) is 4.42 Å². The van der Waals surface area contributed by atoms with Gasteiger partial charge >= 0.3 is 0 Å². The van der Waals surface area contributed by atoms with Crippen molar-refractivity contribution in [2.75, 3.05) is 11.1 Å². The molecular formula is C24H22BrIN4O2S. The topological polar surface area (TPSA) is 73.0 Å². The highest BCUT2D eigenvalue weighted by Gasteiger charge is 2.19. The van der Waals surface area contributed by atoms with E-state index in [1.54, 1.807) is 6.08 Å². The van der Waals surface area contributed by atoms with Crippen LogP contribution in [-0.4, -0.2) is 26.4 Å². The van der Waals surface area contributed by atoms with Gasteiger partial charge in [0.05, 0.1) is 5.75 Å². The number of hydrogen-bond acceptors (Lipinski definition) is 5. The zero-order valence-electron chi connectivity index (χ0n) is 18.1. The van der Waals surface area contributed by atoms with Gasteiger partial charge < -0.3 is 9.73 Å². The van der Waals surface area contributed by atoms with Crippen molar-refractivity contribution >= 4 is 72.8 Å². The SMILES string of the molecule is C=CCn1c(SCC(=O)Nc2ccc(I)cc2C(C)C)nnc1-c1cc2cc(Br)ccc2o1. The Bertz CT molecular complexity index is 1330. The Hall–Kier alpha value is -2.11. The normalized spacial score (nSPS) is 11.3. The van der Waals surface area contributed by atoms with E-state index in [1.807, 2.05) is 41.0 Å². The van der Waals surface area contributed by atoms with E-state index in [2.05, 4.69) is 80.5 Å². The number of nitrogens with zero attached hydrogens (tertiary/aromatic N) is 3. The number of anilines is 1. The number of carbonyl (C=O) groups is 1. The summed E-state index contributed by atoms with van der Waals surface area (Å²) < 4.78 is 10.0. The number of aromatic nitrogens is 3. The summed E-state index contributed by atoms with van der Waals surface area (Å²) in [6, 6.07) is 13.8. The number of benzene rings is 2. The van der Waals surface area contributed by atoms with Crippen molar-refractivity contribution < 1.29 is 9.21 Å². The summed E-state index contributed by atoms with van der Waals surface area (Å²) in [5.74, 6) is 1.65. The van der Waals surface area contributed by atoms with Crippen LogP contribution in [-0.2, 0) is 11.3 Å². The monoisotopic (exact) mass is 636 g/mol. The fraction of sp³-hybridized carbons (Fsp3) is 0.208. The molecule has 0 aliphatic carbocycles. The van der Waals surface area contributed by atoms with E-state index in [0.29, 0.717) is 29.2 Å². The molecule has 4 rings (SSSR count). The van der Waals surface area contributed by atoms with E-state index >= 15 is 0 Å². The molecule has 9 heteroatoms. The second kappa shape index (κ2) is 10.4. The van der Waals surface area contributed by atoms with Gasteiger partial charge in [-0.2, -0.15) is 0 Å². The van der Waals surface area contributed by atoms with Crippen LogP contribution >= 0.6 is 50.3 Å². The van der Waals surface area contributed by atoms with Crippen molar-refractivity contribution in [1.29, 1.82) is 0 Å². The molecule has 170 valence electrons. The molecule has 33 heavy (non-hydrogen) atoms. The Kier molecular flexibility index (Phi) is 7.60. The van der Waals surface area contributed by atoms with Crippen LogP contribution in [0.5, 0.6) is 0 Å². The molecule has 0 radical (unpaired) electrons. The molecule has 0 aliphatic heterocycles. The van der Waals surface area contributed by atoms with Crippen LogP contribution in [0, 0.1) is 3.57 Å². The van der Waals surface area contributed by atoms with Crippen LogP contribution in [0.4, 0.5) is 5.69 Å². The number of thioether (sulfide) groups is 1. The summed E-state index contributed by atoms with van der Waals surface area (Å²) >= 11 is 7.11. The molecule has 0 spiro atoms. The van der Waals surface area contributed by atoms with Crippen LogP contribution in [0.2, 0.25) is 0 Å². The van der Waals surface area contributed by atoms with Crippen LogP contribution < -0.4 is 5.32 Å². The van der Waals surface area contributed by atoms with Crippen molar-refractivity contribution in [2.24, 2.45) is 0 Å². The summed E-state index contributed by atoms with van der Waals surface area (Å²) in [5, 5.41) is 13.3. The number of rotatable bonds is 8. The minimum atomic E-state index is -0.0913. The van der Waals surface area contributed by atoms with Crippen LogP contribution in [0.1, 0.15) is 25.3 Å². The van der Waals surface area contributed by atoms with E-state index in [9.17, 15) is 4.79 Å². The molecule has 4 aromatic rings. The predicted octanol–water partition coefficient (Wildman–Crippen LogP) is 7.10. The quantitative estimate of drug-likeness (QED) is 0.127. The van der Waals surface area contributed by atoms with Gasteiger partial charge in [0.1, 0.15) is 5.58 Å². The number of furan rings is 1. The van der Waals surface area contributed by atoms with Crippen molar-refractivity contribution in [3.63, 3.8) is 0 Å². The molecule has 0 saturated carbocycles. The van der Waals surface area contributed by atoms with Gasteiger partial charge in [-0.05, 0) is 76.5 Å². The van der Waals surface area contributed by atoms with Crippen molar-refractivity contribution in [3.8, 4) is 11.6 Å². The fourth-order valence-electron chi connectivity index (χ4n) is 3.44. The number of halogens is 2. The summed E-state index contributed by atoms with van der Waals surface area (Å²) in [6.07, 6.45) is 1.77. The standard InChI is InChI=1S/C24H22BrIN4O2S/c1-4-9-30-23(21-11-15-10-16(25)5-8-20(15)32-21)28-29-24(30)33-13-22(31)27-19-7-6-17(26)12-18(19)14(2)3/h4-8,10-12,14H,1,9,13H2,2-3H3,(H,27,31). The van der Waals surface area contributed by atoms with Gasteiger partial charge in [-0.25, -0.2) is 0 Å². The third-order valence-corrected chi connectivity index (χ3v) is 7.10. The molecule has 0 unspecified atom stereocenters. The average molecular weight is 637 g/mol. The molecule has 0 aliphatic rings. The molecule has 6 nitrogen and oxygen atoms in total. The molecule has 0 atom stereocenters. The van der Waals surface area contributed by atoms with Gasteiger partial charge in [-0.3, -0.25) is 9.36 Å². The molecule has 2 aromatic heterocycles. The first-order valence-corrected chi connectivity index (χ1v) is 13.2. The van der Waals surface area contributed by atoms with Gasteiger partial charge in [-0.15, -0.1) is 16.8 Å². The lowest BCUT2D eigenvalue weighted by molar-refractivity contribution is -0.113. The number of hydrogen-bond donors (Lipinski definition) is 1. The van der Waals surface area contributed by atoms with Crippen LogP contribution in [0.3, 0.4) is 0 Å². The third kappa shape index (κ3) is 5.52. The lowest BCUT2D eigenvalue weighted by atomic mass is 10.0. The van der Waals surface area contributed by atoms with Crippen LogP contribution in [0.15, 0.2) is 69.2 Å². The molecule has 1 N–H and O–H groups in total. The number of amides is 1. The summed E-state index contributed by atoms with van der Waals surface area (Å²) in [7, 11) is 0. The summed E-state index contributed by atoms with van der Waals surface area (Å²) in [5.41, 5.74) is 2.74. The maximum atomic E-state index is 12.7. The molecule has 2 heterocycles. The highest BCUT2D eigenvalue weighted by molar-refractivity contribution is 14.1. The lowest BCUT2D eigenvalue weighted by Gasteiger charge is -2.14. The predicted molar refractivity (Wildman–Crippen MR) is 146 cm³/mol. The molecule has 0 fully saturated rings. The van der Waals surface area contributed by atoms with Gasteiger partial charge in [0, 0.05) is 25.7 Å². The van der Waals surface area contributed by atoms with Gasteiger partial charge in [-0.1, -0.05) is 47.6 Å². The maximum absolute atomic E-state index is 12.7. The zero-order chi connectivity index (χ0) is 23.5. The van der Waals surface area contributed by atoms with Crippen molar-refractivity contribution in [2.45, 2.75) is 31.5 Å². The van der Waals surface area contributed by atoms with Gasteiger partial charge in [0.25, 0.3) is 0 Å². The third-order valence-electron chi connectivity index (χ3n) is 4.97. The molecule has 2 aromatic carbocycles. The van der Waals surface area contributed by atoms with Crippen LogP contribution in [0.25, 0.3) is 22.6 Å². The average Bonchev–Trinajstić information content (AvgIpc) is 3.37. The smallest absolute Gasteiger partial charge is 0.234 e. The Morgan fingerprint density at radius 1 is 1.27 bits per heavy atom. The molecule has 0 saturated heterocycles. The highest BCUT2D eigenvalue weighted by Crippen LogP contribution is 2.31. The Labute approximate surface area is 218 Å². The largest absolute Gasteiger partial charge is 0.453 e.